The van der Waals surface area contributed by atoms with Crippen LogP contribution >= 0.6 is 7.82 Å². The highest BCUT2D eigenvalue weighted by molar-refractivity contribution is 7.47. The zero-order valence-corrected chi connectivity index (χ0v) is 27.4. The Morgan fingerprint density at radius 2 is 1.07 bits per heavy atom. The molecular formula is C31H61O10P. The molecular weight excluding hydrogens is 563 g/mol. The van der Waals surface area contributed by atoms with Crippen molar-refractivity contribution in [1.82, 2.24) is 0 Å². The monoisotopic (exact) mass is 624 g/mol. The molecule has 42 heavy (non-hydrogen) atoms. The van der Waals surface area contributed by atoms with Crippen molar-refractivity contribution in [2.45, 2.75) is 161 Å². The minimum absolute atomic E-state index is 0.243. The summed E-state index contributed by atoms with van der Waals surface area (Å²) in [5.41, 5.74) is 0. The minimum atomic E-state index is -4.56. The summed E-state index contributed by atoms with van der Waals surface area (Å²) in [5.74, 6) is -1.11. The van der Waals surface area contributed by atoms with Crippen LogP contribution < -0.4 is 0 Å². The topological polar surface area (TPSA) is 149 Å². The van der Waals surface area contributed by atoms with Crippen LogP contribution in [-0.2, 0) is 32.7 Å². The molecule has 0 aromatic heterocycles. The summed E-state index contributed by atoms with van der Waals surface area (Å²) in [6.07, 6.45) is 23.5. The first kappa shape index (κ1) is 41.0. The van der Waals surface area contributed by atoms with E-state index in [0.29, 0.717) is 6.42 Å². The molecule has 250 valence electrons. The Hall–Kier alpha value is -1.03. The third-order valence-corrected chi connectivity index (χ3v) is 8.01. The van der Waals surface area contributed by atoms with Crippen molar-refractivity contribution in [2.75, 3.05) is 26.4 Å². The first-order valence-electron chi connectivity index (χ1n) is 16.4. The molecule has 0 bridgehead atoms. The van der Waals surface area contributed by atoms with Crippen molar-refractivity contribution in [3.63, 3.8) is 0 Å². The standard InChI is InChI=1S/C31H61O10P/c1-3-4-5-6-7-8-9-10-11-12-13-14-15-16-17-18-19-20-21-22-23-31(35)38-26-30(41-28(2)33)27-40-42(36,37)39-25-29(34)24-32/h29-30,32,34H,3-27H2,1-2H3,(H,36,37)/t29-,30+/m0/s1. The number of unbranched alkanes of at least 4 members (excludes halogenated alkanes) is 19. The molecule has 11 heteroatoms. The van der Waals surface area contributed by atoms with Gasteiger partial charge in [-0.15, -0.1) is 0 Å². The van der Waals surface area contributed by atoms with Crippen LogP contribution in [0.25, 0.3) is 0 Å². The number of hydrogen-bond acceptors (Lipinski definition) is 9. The molecule has 0 aromatic rings. The third-order valence-electron chi connectivity index (χ3n) is 7.06. The largest absolute Gasteiger partial charge is 0.472 e. The molecule has 0 aliphatic rings. The van der Waals surface area contributed by atoms with Gasteiger partial charge in [-0.25, -0.2) is 4.57 Å². The van der Waals surface area contributed by atoms with E-state index in [1.807, 2.05) is 0 Å². The average Bonchev–Trinajstić information content (AvgIpc) is 2.96. The fraction of sp³-hybridized carbons (Fsp3) is 0.935. The zero-order valence-electron chi connectivity index (χ0n) is 26.5. The maximum absolute atomic E-state index is 12.1. The number of hydrogen-bond donors (Lipinski definition) is 3. The van der Waals surface area contributed by atoms with Gasteiger partial charge in [-0.1, -0.05) is 129 Å². The second-order valence-corrected chi connectivity index (χ2v) is 12.7. The molecule has 0 radical (unpaired) electrons. The van der Waals surface area contributed by atoms with Gasteiger partial charge in [0.25, 0.3) is 0 Å². The van der Waals surface area contributed by atoms with Gasteiger partial charge in [-0.2, -0.15) is 0 Å². The molecule has 0 aliphatic heterocycles. The molecule has 3 atom stereocenters. The quantitative estimate of drug-likeness (QED) is 0.0412. The van der Waals surface area contributed by atoms with Gasteiger partial charge in [0.15, 0.2) is 6.10 Å². The van der Waals surface area contributed by atoms with Crippen molar-refractivity contribution < 1.29 is 47.8 Å². The number of phosphoric ester groups is 1. The summed E-state index contributed by atoms with van der Waals surface area (Å²) in [7, 11) is -4.56. The van der Waals surface area contributed by atoms with E-state index >= 15 is 0 Å². The van der Waals surface area contributed by atoms with Crippen LogP contribution in [-0.4, -0.2) is 65.7 Å². The van der Waals surface area contributed by atoms with E-state index in [0.717, 1.165) is 26.2 Å². The molecule has 3 N–H and O–H groups in total. The fourth-order valence-electron chi connectivity index (χ4n) is 4.58. The van der Waals surface area contributed by atoms with E-state index < -0.39 is 51.8 Å². The van der Waals surface area contributed by atoms with Crippen LogP contribution in [0.2, 0.25) is 0 Å². The Labute approximate surface area is 254 Å². The van der Waals surface area contributed by atoms with Crippen molar-refractivity contribution in [3.8, 4) is 0 Å². The van der Waals surface area contributed by atoms with Gasteiger partial charge in [-0.05, 0) is 6.42 Å². The van der Waals surface area contributed by atoms with Gasteiger partial charge in [0.2, 0.25) is 0 Å². The average molecular weight is 625 g/mol. The number of aliphatic hydroxyl groups excluding tert-OH is 2. The molecule has 1 unspecified atom stereocenters. The first-order chi connectivity index (χ1) is 20.2. The summed E-state index contributed by atoms with van der Waals surface area (Å²) in [6, 6.07) is 0. The predicted octanol–water partition coefficient (Wildman–Crippen LogP) is 7.16. The van der Waals surface area contributed by atoms with Crippen LogP contribution in [0, 0.1) is 0 Å². The van der Waals surface area contributed by atoms with Crippen molar-refractivity contribution in [3.05, 3.63) is 0 Å². The minimum Gasteiger partial charge on any atom is -0.462 e. The Bertz CT molecular complexity index is 691. The maximum atomic E-state index is 12.1. The Morgan fingerprint density at radius 3 is 1.48 bits per heavy atom. The van der Waals surface area contributed by atoms with Gasteiger partial charge in [-0.3, -0.25) is 18.6 Å². The molecule has 0 spiro atoms. The molecule has 10 nitrogen and oxygen atoms in total. The van der Waals surface area contributed by atoms with Crippen molar-refractivity contribution in [2.24, 2.45) is 0 Å². The third kappa shape index (κ3) is 29.1. The summed E-state index contributed by atoms with van der Waals surface area (Å²) in [4.78, 5) is 33.0. The lowest BCUT2D eigenvalue weighted by Crippen LogP contribution is -2.29. The normalized spacial score (nSPS) is 14.3. The summed E-state index contributed by atoms with van der Waals surface area (Å²) >= 11 is 0. The molecule has 0 rings (SSSR count). The van der Waals surface area contributed by atoms with E-state index in [-0.39, 0.29) is 13.0 Å². The zero-order chi connectivity index (χ0) is 31.3. The smallest absolute Gasteiger partial charge is 0.462 e. The van der Waals surface area contributed by atoms with Crippen LogP contribution in [0.3, 0.4) is 0 Å². The number of ether oxygens (including phenoxy) is 2. The molecule has 0 heterocycles. The molecule has 0 amide bonds. The van der Waals surface area contributed by atoms with Gasteiger partial charge in [0, 0.05) is 13.3 Å². The SMILES string of the molecule is CCCCCCCCCCCCCCCCCCCCCCC(=O)OC[C@H](COP(=O)(O)OC[C@@H](O)CO)OC(C)=O. The van der Waals surface area contributed by atoms with Crippen LogP contribution in [0.1, 0.15) is 149 Å². The molecule has 0 saturated heterocycles. The Morgan fingerprint density at radius 1 is 0.667 bits per heavy atom. The van der Waals surface area contributed by atoms with E-state index in [9.17, 15) is 24.2 Å². The number of carbonyl (C=O) groups is 2. The van der Waals surface area contributed by atoms with E-state index in [1.54, 1.807) is 0 Å². The van der Waals surface area contributed by atoms with Crippen LogP contribution in [0.5, 0.6) is 0 Å². The predicted molar refractivity (Wildman–Crippen MR) is 164 cm³/mol. The van der Waals surface area contributed by atoms with Crippen molar-refractivity contribution >= 4 is 19.8 Å². The second-order valence-electron chi connectivity index (χ2n) is 11.3. The number of esters is 2. The van der Waals surface area contributed by atoms with Gasteiger partial charge >= 0.3 is 19.8 Å². The van der Waals surface area contributed by atoms with Crippen molar-refractivity contribution in [1.29, 1.82) is 0 Å². The van der Waals surface area contributed by atoms with Crippen LogP contribution in [0.15, 0.2) is 0 Å². The van der Waals surface area contributed by atoms with Crippen LogP contribution in [0.4, 0.5) is 0 Å². The number of rotatable bonds is 31. The first-order valence-corrected chi connectivity index (χ1v) is 17.9. The van der Waals surface area contributed by atoms with Gasteiger partial charge in [0.05, 0.1) is 19.8 Å². The van der Waals surface area contributed by atoms with E-state index in [2.05, 4.69) is 11.4 Å². The molecule has 0 aromatic carbocycles. The number of carbonyl (C=O) groups excluding carboxylic acids is 2. The van der Waals surface area contributed by atoms with Gasteiger partial charge < -0.3 is 24.6 Å². The lowest BCUT2D eigenvalue weighted by atomic mass is 10.0. The lowest BCUT2D eigenvalue weighted by Gasteiger charge is -2.19. The highest BCUT2D eigenvalue weighted by Gasteiger charge is 2.26. The fourth-order valence-corrected chi connectivity index (χ4v) is 5.37. The second kappa shape index (κ2) is 28.7. The van der Waals surface area contributed by atoms with E-state index in [1.165, 1.54) is 103 Å². The Kier molecular flexibility index (Phi) is 28.0. The maximum Gasteiger partial charge on any atom is 0.472 e. The Balaban J connectivity index is 3.68. The highest BCUT2D eigenvalue weighted by atomic mass is 31.2. The summed E-state index contributed by atoms with van der Waals surface area (Å²) < 4.78 is 31.3. The van der Waals surface area contributed by atoms with E-state index in [4.69, 9.17) is 19.1 Å². The number of phosphoric acid groups is 1. The summed E-state index contributed by atoms with van der Waals surface area (Å²) in [5, 5.41) is 17.9. The van der Waals surface area contributed by atoms with Gasteiger partial charge in [0.1, 0.15) is 12.7 Å². The molecule has 0 fully saturated rings. The molecule has 0 saturated carbocycles. The lowest BCUT2D eigenvalue weighted by molar-refractivity contribution is -0.159. The molecule has 0 aliphatic carbocycles. The summed E-state index contributed by atoms with van der Waals surface area (Å²) in [6.45, 7) is 1.29. The highest BCUT2D eigenvalue weighted by Crippen LogP contribution is 2.43. The number of aliphatic hydroxyl groups is 2.